The van der Waals surface area contributed by atoms with Gasteiger partial charge in [0.1, 0.15) is 18.4 Å². The number of carbonyl (C=O) groups is 1. The summed E-state index contributed by atoms with van der Waals surface area (Å²) in [6.07, 6.45) is 3.11. The average molecular weight is 355 g/mol. The van der Waals surface area contributed by atoms with E-state index in [2.05, 4.69) is 46.7 Å². The van der Waals surface area contributed by atoms with Crippen molar-refractivity contribution in [3.05, 3.63) is 35.9 Å². The van der Waals surface area contributed by atoms with E-state index in [4.69, 9.17) is 4.42 Å². The number of hydrogen-bond donors (Lipinski definition) is 0. The number of nitrogens with zero attached hydrogens (tertiary/aromatic N) is 5. The van der Waals surface area contributed by atoms with Crippen LogP contribution in [-0.2, 0) is 5.41 Å². The predicted octanol–water partition coefficient (Wildman–Crippen LogP) is 2.28. The van der Waals surface area contributed by atoms with Crippen molar-refractivity contribution in [2.75, 3.05) is 31.1 Å². The molecule has 0 radical (unpaired) electrons. The third kappa shape index (κ3) is 3.06. The van der Waals surface area contributed by atoms with Crippen LogP contribution in [0.5, 0.6) is 0 Å². The number of amides is 1. The molecule has 0 bridgehead atoms. The van der Waals surface area contributed by atoms with Crippen molar-refractivity contribution in [3.63, 3.8) is 0 Å². The van der Waals surface area contributed by atoms with Crippen LogP contribution in [0.3, 0.4) is 0 Å². The largest absolute Gasteiger partial charge is 0.448 e. The summed E-state index contributed by atoms with van der Waals surface area (Å²) in [5.74, 6) is 2.43. The molecule has 4 rings (SSSR count). The molecule has 0 aliphatic carbocycles. The molecule has 7 nitrogen and oxygen atoms in total. The van der Waals surface area contributed by atoms with Gasteiger partial charge in [-0.2, -0.15) is 0 Å². The van der Waals surface area contributed by atoms with Crippen molar-refractivity contribution in [2.24, 2.45) is 11.8 Å². The predicted molar refractivity (Wildman–Crippen MR) is 97.1 cm³/mol. The molecule has 138 valence electrons. The minimum Gasteiger partial charge on any atom is -0.448 e. The third-order valence-corrected chi connectivity index (χ3v) is 5.36. The summed E-state index contributed by atoms with van der Waals surface area (Å²) in [5.41, 5.74) is 1.47. The molecule has 0 N–H and O–H groups in total. The van der Waals surface area contributed by atoms with E-state index in [1.54, 1.807) is 13.3 Å². The molecule has 0 spiro atoms. The Kier molecular flexibility index (Phi) is 3.97. The zero-order chi connectivity index (χ0) is 18.5. The quantitative estimate of drug-likeness (QED) is 0.823. The van der Waals surface area contributed by atoms with Crippen LogP contribution >= 0.6 is 0 Å². The summed E-state index contributed by atoms with van der Waals surface area (Å²) in [4.78, 5) is 29.9. The molecule has 2 aliphatic heterocycles. The first kappa shape index (κ1) is 17.0. The van der Waals surface area contributed by atoms with Gasteiger partial charge in [0.05, 0.1) is 5.69 Å². The van der Waals surface area contributed by atoms with E-state index < -0.39 is 0 Å². The second-order valence-electron chi connectivity index (χ2n) is 8.40. The highest BCUT2D eigenvalue weighted by atomic mass is 16.3. The first-order chi connectivity index (χ1) is 12.3. The Labute approximate surface area is 153 Å². The normalized spacial score (nSPS) is 22.8. The van der Waals surface area contributed by atoms with Crippen LogP contribution < -0.4 is 4.90 Å². The lowest BCUT2D eigenvalue weighted by Crippen LogP contribution is -2.33. The fourth-order valence-electron chi connectivity index (χ4n) is 3.90. The van der Waals surface area contributed by atoms with Crippen molar-refractivity contribution in [1.29, 1.82) is 0 Å². The maximum Gasteiger partial charge on any atom is 0.275 e. The van der Waals surface area contributed by atoms with E-state index in [1.807, 2.05) is 4.90 Å². The fourth-order valence-corrected chi connectivity index (χ4v) is 3.90. The maximum absolute atomic E-state index is 12.6. The zero-order valence-corrected chi connectivity index (χ0v) is 15.8. The van der Waals surface area contributed by atoms with Gasteiger partial charge in [0.25, 0.3) is 5.91 Å². The lowest BCUT2D eigenvalue weighted by atomic mass is 9.92. The van der Waals surface area contributed by atoms with E-state index in [9.17, 15) is 4.79 Å². The van der Waals surface area contributed by atoms with E-state index in [0.717, 1.165) is 37.7 Å². The van der Waals surface area contributed by atoms with Crippen LogP contribution in [0.1, 0.15) is 42.8 Å². The van der Waals surface area contributed by atoms with Gasteiger partial charge in [0, 0.05) is 56.4 Å². The Morgan fingerprint density at radius 1 is 1.15 bits per heavy atom. The van der Waals surface area contributed by atoms with Gasteiger partial charge >= 0.3 is 0 Å². The third-order valence-electron chi connectivity index (χ3n) is 5.36. The molecular formula is C19H25N5O2. The van der Waals surface area contributed by atoms with Crippen molar-refractivity contribution >= 4 is 11.7 Å². The van der Waals surface area contributed by atoms with Gasteiger partial charge in [-0.15, -0.1) is 0 Å². The molecule has 26 heavy (non-hydrogen) atoms. The topological polar surface area (TPSA) is 75.4 Å². The van der Waals surface area contributed by atoms with Gasteiger partial charge in [-0.3, -0.25) is 4.79 Å². The summed E-state index contributed by atoms with van der Waals surface area (Å²) in [6.45, 7) is 11.6. The molecule has 2 unspecified atom stereocenters. The summed E-state index contributed by atoms with van der Waals surface area (Å²) < 4.78 is 5.17. The average Bonchev–Trinajstić information content (AvgIpc) is 3.27. The van der Waals surface area contributed by atoms with Crippen molar-refractivity contribution in [3.8, 4) is 0 Å². The number of oxazole rings is 1. The lowest BCUT2D eigenvalue weighted by Gasteiger charge is -2.24. The molecular weight excluding hydrogens is 330 g/mol. The molecule has 2 aromatic rings. The minimum atomic E-state index is -0.0279. The number of hydrogen-bond acceptors (Lipinski definition) is 6. The number of carbonyl (C=O) groups excluding carboxylic acids is 1. The number of fused-ring (bicyclic) bond motifs is 1. The lowest BCUT2D eigenvalue weighted by molar-refractivity contribution is 0.0776. The van der Waals surface area contributed by atoms with Crippen molar-refractivity contribution in [2.45, 2.75) is 33.1 Å². The van der Waals surface area contributed by atoms with Crippen LogP contribution in [-0.4, -0.2) is 51.9 Å². The highest BCUT2D eigenvalue weighted by molar-refractivity contribution is 5.92. The molecule has 2 atom stereocenters. The molecule has 7 heteroatoms. The number of likely N-dealkylation sites (tertiary alicyclic amines) is 1. The van der Waals surface area contributed by atoms with E-state index in [0.29, 0.717) is 23.4 Å². The van der Waals surface area contributed by atoms with Gasteiger partial charge in [0.15, 0.2) is 11.6 Å². The second-order valence-corrected chi connectivity index (χ2v) is 8.40. The molecule has 2 saturated heterocycles. The molecule has 1 amide bonds. The number of aryl methyl sites for hydroxylation is 1. The molecule has 2 aliphatic rings. The summed E-state index contributed by atoms with van der Waals surface area (Å²) in [6, 6.07) is 2.10. The van der Waals surface area contributed by atoms with E-state index >= 15 is 0 Å². The first-order valence-corrected chi connectivity index (χ1v) is 9.10. The van der Waals surface area contributed by atoms with Gasteiger partial charge in [0.2, 0.25) is 0 Å². The Morgan fingerprint density at radius 3 is 2.42 bits per heavy atom. The van der Waals surface area contributed by atoms with Gasteiger partial charge in [-0.25, -0.2) is 15.0 Å². The number of aromatic nitrogens is 3. The first-order valence-electron chi connectivity index (χ1n) is 9.10. The van der Waals surface area contributed by atoms with Crippen LogP contribution in [0, 0.1) is 18.8 Å². The Morgan fingerprint density at radius 2 is 1.85 bits per heavy atom. The molecule has 0 aromatic carbocycles. The van der Waals surface area contributed by atoms with Gasteiger partial charge in [-0.1, -0.05) is 20.8 Å². The van der Waals surface area contributed by atoms with Crippen molar-refractivity contribution in [1.82, 2.24) is 19.9 Å². The Balaban J connectivity index is 1.43. The molecule has 2 aromatic heterocycles. The molecule has 2 fully saturated rings. The highest BCUT2D eigenvalue weighted by Gasteiger charge is 2.42. The van der Waals surface area contributed by atoms with Crippen molar-refractivity contribution < 1.29 is 9.21 Å². The highest BCUT2D eigenvalue weighted by Crippen LogP contribution is 2.34. The SMILES string of the molecule is Cc1nc(C(=O)N2CC3CN(c4cc(C(C)(C)C)ncn4)CC3C2)co1. The second kappa shape index (κ2) is 6.07. The Hall–Kier alpha value is -2.44. The summed E-state index contributed by atoms with van der Waals surface area (Å²) in [5, 5.41) is 0. The number of anilines is 1. The standard InChI is InChI=1S/C19H25N5O2/c1-12-22-15(10-26-12)18(25)24-8-13-6-23(7-14(13)9-24)17-5-16(19(2,3)4)20-11-21-17/h5,10-11,13-14H,6-9H2,1-4H3. The summed E-state index contributed by atoms with van der Waals surface area (Å²) >= 11 is 0. The van der Waals surface area contributed by atoms with Crippen LogP contribution in [0.4, 0.5) is 5.82 Å². The monoisotopic (exact) mass is 355 g/mol. The van der Waals surface area contributed by atoms with Gasteiger partial charge in [-0.05, 0) is 0 Å². The minimum absolute atomic E-state index is 0.00618. The number of rotatable bonds is 2. The fraction of sp³-hybridized carbons (Fsp3) is 0.579. The maximum atomic E-state index is 12.6. The Bertz CT molecular complexity index is 811. The summed E-state index contributed by atoms with van der Waals surface area (Å²) in [7, 11) is 0. The van der Waals surface area contributed by atoms with Crippen LogP contribution in [0.2, 0.25) is 0 Å². The smallest absolute Gasteiger partial charge is 0.275 e. The van der Waals surface area contributed by atoms with Gasteiger partial charge < -0.3 is 14.2 Å². The van der Waals surface area contributed by atoms with E-state index in [-0.39, 0.29) is 11.3 Å². The molecule has 0 saturated carbocycles. The molecule has 4 heterocycles. The van der Waals surface area contributed by atoms with Crippen LogP contribution in [0.25, 0.3) is 0 Å². The zero-order valence-electron chi connectivity index (χ0n) is 15.8. The van der Waals surface area contributed by atoms with E-state index in [1.165, 1.54) is 6.26 Å². The van der Waals surface area contributed by atoms with Crippen LogP contribution in [0.15, 0.2) is 23.1 Å².